The van der Waals surface area contributed by atoms with Gasteiger partial charge >= 0.3 is 7.82 Å². The molecule has 1 aliphatic heterocycles. The maximum Gasteiger partial charge on any atom is 0.466 e. The quantitative estimate of drug-likeness (QED) is 0.576. The summed E-state index contributed by atoms with van der Waals surface area (Å²) in [5.41, 5.74) is 0.147. The van der Waals surface area contributed by atoms with E-state index in [-0.39, 0.29) is 5.41 Å². The molecule has 1 heterocycles. The van der Waals surface area contributed by atoms with Gasteiger partial charge in [0.15, 0.2) is 0 Å². The summed E-state index contributed by atoms with van der Waals surface area (Å²) in [5.74, 6) is 0. The molecule has 6 nitrogen and oxygen atoms in total. The molecule has 1 rings (SSSR count). The van der Waals surface area contributed by atoms with Gasteiger partial charge in [0.1, 0.15) is 0 Å². The summed E-state index contributed by atoms with van der Waals surface area (Å²) in [5, 5.41) is 0. The van der Waals surface area contributed by atoms with Crippen LogP contribution in [-0.2, 0) is 13.6 Å². The van der Waals surface area contributed by atoms with Gasteiger partial charge in [-0.15, -0.1) is 0 Å². The first kappa shape index (κ1) is 14.8. The Kier molecular flexibility index (Phi) is 6.04. The predicted molar refractivity (Wildman–Crippen MR) is 52.7 cm³/mol. The molecule has 1 aliphatic rings. The van der Waals surface area contributed by atoms with E-state index in [1.807, 2.05) is 0 Å². The Morgan fingerprint density at radius 1 is 1.29 bits per heavy atom. The van der Waals surface area contributed by atoms with Gasteiger partial charge in [0.05, 0.1) is 13.2 Å². The van der Waals surface area contributed by atoms with Crippen LogP contribution in [-0.4, -0.2) is 27.9 Å². The number of hydrogen-bond donors (Lipinski definition) is 3. The molecule has 0 saturated carbocycles. The molecule has 86 valence electrons. The molecule has 0 atom stereocenters. The zero-order valence-electron chi connectivity index (χ0n) is 7.75. The SMILES string of the molecule is CC1(C)COP(Cl)OC1.O=P(O)(O)O. The molecular weight excluding hydrogens is 253 g/mol. The third-order valence-corrected chi connectivity index (χ3v) is 2.36. The average molecular weight is 267 g/mol. The highest BCUT2D eigenvalue weighted by Crippen LogP contribution is 2.49. The molecule has 0 amide bonds. The lowest BCUT2D eigenvalue weighted by Gasteiger charge is -2.30. The number of phosphoric acid groups is 1. The Hall–Kier alpha value is 0.750. The summed E-state index contributed by atoms with van der Waals surface area (Å²) in [6.07, 6.45) is 0. The van der Waals surface area contributed by atoms with Crippen molar-refractivity contribution in [2.75, 3.05) is 13.2 Å². The average Bonchev–Trinajstić information content (AvgIpc) is 1.92. The summed E-state index contributed by atoms with van der Waals surface area (Å²) < 4.78 is 19.1. The topological polar surface area (TPSA) is 96.2 Å². The highest BCUT2D eigenvalue weighted by atomic mass is 35.7. The molecule has 0 aliphatic carbocycles. The van der Waals surface area contributed by atoms with Crippen LogP contribution in [0.3, 0.4) is 0 Å². The van der Waals surface area contributed by atoms with Crippen molar-refractivity contribution in [1.82, 2.24) is 0 Å². The van der Waals surface area contributed by atoms with Crippen LogP contribution in [0.15, 0.2) is 0 Å². The van der Waals surface area contributed by atoms with Crippen molar-refractivity contribution in [2.24, 2.45) is 5.41 Å². The van der Waals surface area contributed by atoms with Crippen LogP contribution in [0.5, 0.6) is 0 Å². The lowest BCUT2D eigenvalue weighted by molar-refractivity contribution is 0.0679. The van der Waals surface area contributed by atoms with Gasteiger partial charge in [0.25, 0.3) is 7.73 Å². The van der Waals surface area contributed by atoms with Crippen molar-refractivity contribution in [2.45, 2.75) is 13.8 Å². The molecule has 1 saturated heterocycles. The molecule has 0 aromatic carbocycles. The second-order valence-corrected chi connectivity index (χ2v) is 6.23. The molecular formula is C5H13ClO6P2. The Morgan fingerprint density at radius 2 is 1.57 bits per heavy atom. The maximum absolute atomic E-state index is 8.88. The lowest BCUT2D eigenvalue weighted by atomic mass is 9.97. The van der Waals surface area contributed by atoms with E-state index in [4.69, 9.17) is 39.5 Å². The minimum atomic E-state index is -4.64. The molecule has 9 heteroatoms. The monoisotopic (exact) mass is 266 g/mol. The van der Waals surface area contributed by atoms with Crippen LogP contribution in [0.25, 0.3) is 0 Å². The maximum atomic E-state index is 8.88. The smallest absolute Gasteiger partial charge is 0.322 e. The van der Waals surface area contributed by atoms with Gasteiger partial charge in [-0.3, -0.25) is 0 Å². The molecule has 14 heavy (non-hydrogen) atoms. The van der Waals surface area contributed by atoms with E-state index in [0.717, 1.165) is 0 Å². The highest BCUT2D eigenvalue weighted by molar-refractivity contribution is 7.76. The first-order valence-electron chi connectivity index (χ1n) is 3.60. The van der Waals surface area contributed by atoms with Crippen LogP contribution in [0.4, 0.5) is 0 Å². The largest absolute Gasteiger partial charge is 0.466 e. The Bertz CT molecular complexity index is 198. The van der Waals surface area contributed by atoms with E-state index in [2.05, 4.69) is 13.8 Å². The Balaban J connectivity index is 0.000000292. The highest BCUT2D eigenvalue weighted by Gasteiger charge is 2.27. The summed E-state index contributed by atoms with van der Waals surface area (Å²) in [6, 6.07) is 0. The van der Waals surface area contributed by atoms with Gasteiger partial charge in [-0.05, 0) is 11.2 Å². The Morgan fingerprint density at radius 3 is 1.79 bits per heavy atom. The van der Waals surface area contributed by atoms with Gasteiger partial charge in [-0.1, -0.05) is 13.8 Å². The van der Waals surface area contributed by atoms with Gasteiger partial charge in [-0.25, -0.2) is 4.57 Å². The third-order valence-electron chi connectivity index (χ3n) is 1.11. The molecule has 0 spiro atoms. The van der Waals surface area contributed by atoms with E-state index < -0.39 is 15.6 Å². The molecule has 0 unspecified atom stereocenters. The second kappa shape index (κ2) is 5.73. The van der Waals surface area contributed by atoms with Crippen LogP contribution < -0.4 is 0 Å². The normalized spacial score (nSPS) is 22.4. The van der Waals surface area contributed by atoms with E-state index in [0.29, 0.717) is 13.2 Å². The number of hydrogen-bond acceptors (Lipinski definition) is 3. The molecule has 0 aromatic rings. The van der Waals surface area contributed by atoms with E-state index in [1.165, 1.54) is 0 Å². The van der Waals surface area contributed by atoms with Crippen LogP contribution in [0, 0.1) is 5.41 Å². The van der Waals surface area contributed by atoms with Crippen LogP contribution in [0.1, 0.15) is 13.8 Å². The predicted octanol–water partition coefficient (Wildman–Crippen LogP) is 1.60. The summed E-state index contributed by atoms with van der Waals surface area (Å²) in [6.45, 7) is 5.60. The van der Waals surface area contributed by atoms with Crippen molar-refractivity contribution >= 4 is 26.8 Å². The molecule has 1 fully saturated rings. The molecule has 3 N–H and O–H groups in total. The van der Waals surface area contributed by atoms with Crippen molar-refractivity contribution in [3.8, 4) is 0 Å². The van der Waals surface area contributed by atoms with Crippen molar-refractivity contribution in [3.63, 3.8) is 0 Å². The van der Waals surface area contributed by atoms with Crippen molar-refractivity contribution in [1.29, 1.82) is 0 Å². The second-order valence-electron chi connectivity index (χ2n) is 3.44. The standard InChI is InChI=1S/C5H10ClO2P.H3O4P/c1-5(2)3-7-9(6)8-4-5;1-5(2,3)4/h3-4H2,1-2H3;(H3,1,2,3,4). The van der Waals surface area contributed by atoms with Crippen LogP contribution >= 0.6 is 26.8 Å². The fraction of sp³-hybridized carbons (Fsp3) is 1.00. The summed E-state index contributed by atoms with van der Waals surface area (Å²) in [7, 11) is -5.72. The fourth-order valence-electron chi connectivity index (χ4n) is 0.530. The van der Waals surface area contributed by atoms with Crippen molar-refractivity contribution in [3.05, 3.63) is 0 Å². The number of halogens is 1. The zero-order valence-corrected chi connectivity index (χ0v) is 10.3. The Labute approximate surface area is 88.1 Å². The zero-order chi connectivity index (χ0) is 11.4. The first-order chi connectivity index (χ1) is 6.10. The minimum Gasteiger partial charge on any atom is -0.322 e. The van der Waals surface area contributed by atoms with E-state index in [1.54, 1.807) is 0 Å². The van der Waals surface area contributed by atoms with E-state index in [9.17, 15) is 0 Å². The summed E-state index contributed by atoms with van der Waals surface area (Å²) >= 11 is 5.56. The summed E-state index contributed by atoms with van der Waals surface area (Å²) in [4.78, 5) is 21.6. The van der Waals surface area contributed by atoms with Crippen LogP contribution in [0.2, 0.25) is 0 Å². The van der Waals surface area contributed by atoms with Gasteiger partial charge in [0.2, 0.25) is 0 Å². The van der Waals surface area contributed by atoms with Gasteiger partial charge in [0, 0.05) is 5.41 Å². The molecule has 0 radical (unpaired) electrons. The molecule has 0 bridgehead atoms. The van der Waals surface area contributed by atoms with Crippen molar-refractivity contribution < 1.29 is 28.3 Å². The lowest BCUT2D eigenvalue weighted by Crippen LogP contribution is -2.27. The molecule has 0 aromatic heterocycles. The fourth-order valence-corrected chi connectivity index (χ4v) is 1.80. The van der Waals surface area contributed by atoms with Gasteiger partial charge < -0.3 is 23.7 Å². The van der Waals surface area contributed by atoms with E-state index >= 15 is 0 Å². The minimum absolute atomic E-state index is 0.147. The van der Waals surface area contributed by atoms with Gasteiger partial charge in [-0.2, -0.15) is 0 Å². The number of rotatable bonds is 0. The first-order valence-corrected chi connectivity index (χ1v) is 7.25. The third kappa shape index (κ3) is 10.8.